The Hall–Kier alpha value is -0.910. The number of nitrogens with one attached hydrogen (secondary N) is 1. The topological polar surface area (TPSA) is 59.1 Å². The quantitative estimate of drug-likeness (QED) is 0.534. The monoisotopic (exact) mass is 281 g/mol. The van der Waals surface area contributed by atoms with Gasteiger partial charge < -0.3 is 4.57 Å². The molecule has 0 spiro atoms. The Morgan fingerprint density at radius 2 is 2.05 bits per heavy atom. The standard InChI is InChI=1S/C15H31N5/c1-6-15(4,20(7-2)8-3)13(18-16)9-10-14-17-11-12-19(14)5/h11-13,18H,6-10,16H2,1-5H3. The van der Waals surface area contributed by atoms with E-state index in [0.29, 0.717) is 0 Å². The van der Waals surface area contributed by atoms with E-state index in [2.05, 4.69) is 47.6 Å². The molecule has 0 saturated heterocycles. The van der Waals surface area contributed by atoms with Crippen molar-refractivity contribution in [2.75, 3.05) is 13.1 Å². The fourth-order valence-electron chi connectivity index (χ4n) is 3.12. The van der Waals surface area contributed by atoms with Crippen LogP contribution < -0.4 is 11.3 Å². The summed E-state index contributed by atoms with van der Waals surface area (Å²) >= 11 is 0. The van der Waals surface area contributed by atoms with Crippen molar-refractivity contribution in [3.05, 3.63) is 18.2 Å². The molecule has 1 aromatic rings. The molecule has 0 saturated carbocycles. The molecule has 2 unspecified atom stereocenters. The first-order valence-electron chi connectivity index (χ1n) is 7.70. The molecule has 0 bridgehead atoms. The summed E-state index contributed by atoms with van der Waals surface area (Å²) in [7, 11) is 2.04. The number of nitrogens with two attached hydrogens (primary N) is 1. The summed E-state index contributed by atoms with van der Waals surface area (Å²) in [5, 5.41) is 0. The normalized spacial score (nSPS) is 16.4. The molecule has 2 atom stereocenters. The Morgan fingerprint density at radius 1 is 1.40 bits per heavy atom. The second-order valence-electron chi connectivity index (χ2n) is 5.60. The molecule has 5 nitrogen and oxygen atoms in total. The number of aryl methyl sites for hydroxylation is 2. The second-order valence-corrected chi connectivity index (χ2v) is 5.60. The fourth-order valence-corrected chi connectivity index (χ4v) is 3.12. The minimum Gasteiger partial charge on any atom is -0.338 e. The summed E-state index contributed by atoms with van der Waals surface area (Å²) in [6.07, 6.45) is 6.84. The number of rotatable bonds is 9. The van der Waals surface area contributed by atoms with Gasteiger partial charge in [0.05, 0.1) is 0 Å². The maximum Gasteiger partial charge on any atom is 0.108 e. The highest BCUT2D eigenvalue weighted by Gasteiger charge is 2.36. The van der Waals surface area contributed by atoms with Crippen LogP contribution in [-0.2, 0) is 13.5 Å². The summed E-state index contributed by atoms with van der Waals surface area (Å²) < 4.78 is 2.08. The summed E-state index contributed by atoms with van der Waals surface area (Å²) in [4.78, 5) is 6.89. The molecule has 0 aliphatic heterocycles. The van der Waals surface area contributed by atoms with Crippen molar-refractivity contribution in [2.24, 2.45) is 12.9 Å². The number of hydrogen-bond donors (Lipinski definition) is 2. The number of imidazole rings is 1. The Kier molecular flexibility index (Phi) is 6.65. The lowest BCUT2D eigenvalue weighted by molar-refractivity contribution is 0.0665. The molecule has 1 aromatic heterocycles. The van der Waals surface area contributed by atoms with Crippen molar-refractivity contribution >= 4 is 0 Å². The molecule has 20 heavy (non-hydrogen) atoms. The van der Waals surface area contributed by atoms with Crippen LogP contribution >= 0.6 is 0 Å². The van der Waals surface area contributed by atoms with Gasteiger partial charge in [0.2, 0.25) is 0 Å². The Balaban J connectivity index is 2.79. The van der Waals surface area contributed by atoms with Crippen LogP contribution in [0.1, 0.15) is 46.4 Å². The van der Waals surface area contributed by atoms with Gasteiger partial charge in [0, 0.05) is 37.4 Å². The van der Waals surface area contributed by atoms with Crippen molar-refractivity contribution in [3.63, 3.8) is 0 Å². The van der Waals surface area contributed by atoms with Crippen molar-refractivity contribution in [3.8, 4) is 0 Å². The van der Waals surface area contributed by atoms with E-state index >= 15 is 0 Å². The molecule has 5 heteroatoms. The van der Waals surface area contributed by atoms with E-state index in [4.69, 9.17) is 5.84 Å². The molecular weight excluding hydrogens is 250 g/mol. The first kappa shape index (κ1) is 17.1. The zero-order chi connectivity index (χ0) is 15.2. The predicted molar refractivity (Wildman–Crippen MR) is 84.3 cm³/mol. The Labute approximate surface area is 123 Å². The predicted octanol–water partition coefficient (Wildman–Crippen LogP) is 1.70. The van der Waals surface area contributed by atoms with Gasteiger partial charge in [-0.3, -0.25) is 16.2 Å². The highest BCUT2D eigenvalue weighted by atomic mass is 15.3. The molecular formula is C15H31N5. The SMILES string of the molecule is CCN(CC)C(C)(CC)C(CCc1nccn1C)NN. The number of likely N-dealkylation sites (N-methyl/N-ethyl adjacent to an activating group) is 1. The number of nitrogens with zero attached hydrogens (tertiary/aromatic N) is 3. The zero-order valence-corrected chi connectivity index (χ0v) is 13.7. The fraction of sp³-hybridized carbons (Fsp3) is 0.800. The van der Waals surface area contributed by atoms with Crippen LogP contribution in [0.3, 0.4) is 0 Å². The molecule has 0 amide bonds. The molecule has 0 aliphatic carbocycles. The lowest BCUT2D eigenvalue weighted by Crippen LogP contribution is -2.61. The van der Waals surface area contributed by atoms with Crippen LogP contribution in [0.25, 0.3) is 0 Å². The molecule has 3 N–H and O–H groups in total. The lowest BCUT2D eigenvalue weighted by atomic mass is 9.84. The molecule has 1 rings (SSSR count). The first-order chi connectivity index (χ1) is 9.53. The smallest absolute Gasteiger partial charge is 0.108 e. The van der Waals surface area contributed by atoms with Crippen LogP contribution in [0.15, 0.2) is 12.4 Å². The van der Waals surface area contributed by atoms with Crippen LogP contribution in [0.5, 0.6) is 0 Å². The van der Waals surface area contributed by atoms with Gasteiger partial charge in [-0.15, -0.1) is 0 Å². The van der Waals surface area contributed by atoms with Crippen LogP contribution in [0.2, 0.25) is 0 Å². The van der Waals surface area contributed by atoms with Crippen LogP contribution in [0, 0.1) is 0 Å². The minimum atomic E-state index is 0.0728. The summed E-state index contributed by atoms with van der Waals surface area (Å²) in [6, 6.07) is 0.254. The van der Waals surface area contributed by atoms with E-state index in [9.17, 15) is 0 Å². The van der Waals surface area contributed by atoms with E-state index in [0.717, 1.165) is 38.2 Å². The minimum absolute atomic E-state index is 0.0728. The third-order valence-corrected chi connectivity index (χ3v) is 4.73. The van der Waals surface area contributed by atoms with Gasteiger partial charge in [-0.1, -0.05) is 20.8 Å². The average molecular weight is 281 g/mol. The van der Waals surface area contributed by atoms with E-state index in [1.165, 1.54) is 0 Å². The van der Waals surface area contributed by atoms with Crippen molar-refractivity contribution in [2.45, 2.75) is 58.5 Å². The summed E-state index contributed by atoms with van der Waals surface area (Å²) in [6.45, 7) is 11.1. The third kappa shape index (κ3) is 3.59. The molecule has 0 aliphatic rings. The molecule has 0 fully saturated rings. The zero-order valence-electron chi connectivity index (χ0n) is 13.7. The van der Waals surface area contributed by atoms with E-state index in [1.54, 1.807) is 0 Å². The Morgan fingerprint density at radius 3 is 2.45 bits per heavy atom. The second kappa shape index (κ2) is 7.76. The van der Waals surface area contributed by atoms with Gasteiger partial charge in [0.1, 0.15) is 5.82 Å². The van der Waals surface area contributed by atoms with Crippen LogP contribution in [0.4, 0.5) is 0 Å². The lowest BCUT2D eigenvalue weighted by Gasteiger charge is -2.45. The van der Waals surface area contributed by atoms with E-state index in [1.807, 2.05) is 19.4 Å². The average Bonchev–Trinajstić information content (AvgIpc) is 2.86. The number of hydrazine groups is 1. The van der Waals surface area contributed by atoms with Gasteiger partial charge in [-0.25, -0.2) is 4.98 Å². The van der Waals surface area contributed by atoms with Crippen molar-refractivity contribution in [1.82, 2.24) is 19.9 Å². The first-order valence-corrected chi connectivity index (χ1v) is 7.70. The van der Waals surface area contributed by atoms with Gasteiger partial charge in [-0.05, 0) is 32.9 Å². The summed E-state index contributed by atoms with van der Waals surface area (Å²) in [5.74, 6) is 6.97. The van der Waals surface area contributed by atoms with Crippen LogP contribution in [-0.4, -0.2) is 39.1 Å². The highest BCUT2D eigenvalue weighted by molar-refractivity contribution is 4.98. The maximum absolute atomic E-state index is 5.86. The van der Waals surface area contributed by atoms with Crippen molar-refractivity contribution in [1.29, 1.82) is 0 Å². The molecule has 1 heterocycles. The Bertz CT molecular complexity index is 385. The molecule has 0 aromatic carbocycles. The molecule has 116 valence electrons. The van der Waals surface area contributed by atoms with Crippen molar-refractivity contribution < 1.29 is 0 Å². The number of hydrogen-bond acceptors (Lipinski definition) is 4. The third-order valence-electron chi connectivity index (χ3n) is 4.73. The maximum atomic E-state index is 5.86. The highest BCUT2D eigenvalue weighted by Crippen LogP contribution is 2.26. The summed E-state index contributed by atoms with van der Waals surface area (Å²) in [5.41, 5.74) is 3.12. The van der Waals surface area contributed by atoms with Gasteiger partial charge >= 0.3 is 0 Å². The molecule has 0 radical (unpaired) electrons. The van der Waals surface area contributed by atoms with E-state index in [-0.39, 0.29) is 11.6 Å². The van der Waals surface area contributed by atoms with Gasteiger partial charge in [-0.2, -0.15) is 0 Å². The largest absolute Gasteiger partial charge is 0.338 e. The number of aromatic nitrogens is 2. The van der Waals surface area contributed by atoms with E-state index < -0.39 is 0 Å². The van der Waals surface area contributed by atoms with Gasteiger partial charge in [0.15, 0.2) is 0 Å². The van der Waals surface area contributed by atoms with Gasteiger partial charge in [0.25, 0.3) is 0 Å².